The van der Waals surface area contributed by atoms with Crippen LogP contribution in [0.4, 0.5) is 15.8 Å². The lowest BCUT2D eigenvalue weighted by Gasteiger charge is -2.37. The average Bonchev–Trinajstić information content (AvgIpc) is 3.54. The summed E-state index contributed by atoms with van der Waals surface area (Å²) >= 11 is 0. The second-order valence-electron chi connectivity index (χ2n) is 10.5. The normalized spacial score (nSPS) is 22.6. The minimum absolute atomic E-state index is 0.195. The number of rotatable bonds is 5. The van der Waals surface area contributed by atoms with E-state index in [1.54, 1.807) is 0 Å². The Kier molecular flexibility index (Phi) is 6.32. The molecule has 4 aliphatic heterocycles. The first kappa shape index (κ1) is 23.9. The van der Waals surface area contributed by atoms with Crippen molar-refractivity contribution in [2.24, 2.45) is 0 Å². The number of hydrogen-bond donors (Lipinski definition) is 1. The molecule has 37 heavy (non-hydrogen) atoms. The van der Waals surface area contributed by atoms with Gasteiger partial charge in [0, 0.05) is 81.3 Å². The van der Waals surface area contributed by atoms with Crippen LogP contribution in [0, 0.1) is 5.82 Å². The Morgan fingerprint density at radius 1 is 0.919 bits per heavy atom. The van der Waals surface area contributed by atoms with E-state index in [1.807, 2.05) is 0 Å². The van der Waals surface area contributed by atoms with Gasteiger partial charge in [0.05, 0.1) is 0 Å². The van der Waals surface area contributed by atoms with Crippen LogP contribution in [0.25, 0.3) is 0 Å². The lowest BCUT2D eigenvalue weighted by molar-refractivity contribution is -0.136. The summed E-state index contributed by atoms with van der Waals surface area (Å²) in [6, 6.07) is 10.9. The van der Waals surface area contributed by atoms with Gasteiger partial charge in [0.25, 0.3) is 5.91 Å². The number of hydrogen-bond acceptors (Lipinski definition) is 6. The monoisotopic (exact) mass is 505 g/mol. The molecule has 0 spiro atoms. The van der Waals surface area contributed by atoms with Crippen molar-refractivity contribution in [3.8, 4) is 0 Å². The molecule has 9 heteroatoms. The molecule has 1 atom stereocenters. The molecule has 4 aliphatic rings. The van der Waals surface area contributed by atoms with E-state index in [0.717, 1.165) is 57.1 Å². The van der Waals surface area contributed by atoms with Crippen molar-refractivity contribution in [1.82, 2.24) is 15.1 Å². The maximum Gasteiger partial charge on any atom is 0.255 e. The third-order valence-electron chi connectivity index (χ3n) is 8.10. The third-order valence-corrected chi connectivity index (χ3v) is 8.10. The molecule has 4 heterocycles. The van der Waals surface area contributed by atoms with Gasteiger partial charge in [0.2, 0.25) is 11.8 Å². The number of carbonyl (C=O) groups is 3. The Morgan fingerprint density at radius 2 is 1.70 bits per heavy atom. The average molecular weight is 506 g/mol. The molecule has 2 aromatic carbocycles. The van der Waals surface area contributed by atoms with Crippen molar-refractivity contribution >= 4 is 29.1 Å². The van der Waals surface area contributed by atoms with E-state index in [0.29, 0.717) is 12.0 Å². The minimum atomic E-state index is -0.707. The highest BCUT2D eigenvalue weighted by atomic mass is 19.1. The van der Waals surface area contributed by atoms with E-state index < -0.39 is 17.8 Å². The highest BCUT2D eigenvalue weighted by molar-refractivity contribution is 6.06. The summed E-state index contributed by atoms with van der Waals surface area (Å²) in [4.78, 5) is 45.6. The number of benzene rings is 2. The fourth-order valence-electron chi connectivity index (χ4n) is 6.12. The van der Waals surface area contributed by atoms with E-state index in [-0.39, 0.29) is 24.8 Å². The zero-order chi connectivity index (χ0) is 25.5. The van der Waals surface area contributed by atoms with Crippen LogP contribution in [-0.2, 0) is 22.7 Å². The van der Waals surface area contributed by atoms with Gasteiger partial charge in [-0.3, -0.25) is 24.6 Å². The number of piperidine rings is 1. The maximum absolute atomic E-state index is 14.6. The molecule has 1 unspecified atom stereocenters. The molecule has 3 saturated heterocycles. The van der Waals surface area contributed by atoms with Crippen molar-refractivity contribution in [2.75, 3.05) is 49.1 Å². The van der Waals surface area contributed by atoms with Crippen molar-refractivity contribution in [3.05, 3.63) is 58.9 Å². The van der Waals surface area contributed by atoms with E-state index >= 15 is 0 Å². The van der Waals surface area contributed by atoms with Gasteiger partial charge in [-0.15, -0.1) is 0 Å². The summed E-state index contributed by atoms with van der Waals surface area (Å²) < 4.78 is 14.6. The van der Waals surface area contributed by atoms with Gasteiger partial charge in [-0.25, -0.2) is 4.39 Å². The Hall–Kier alpha value is -3.46. The van der Waals surface area contributed by atoms with Gasteiger partial charge in [0.1, 0.15) is 11.9 Å². The Bertz CT molecular complexity index is 1240. The van der Waals surface area contributed by atoms with Crippen LogP contribution in [0.3, 0.4) is 0 Å². The molecule has 3 amide bonds. The quantitative estimate of drug-likeness (QED) is 0.630. The van der Waals surface area contributed by atoms with Gasteiger partial charge < -0.3 is 14.7 Å². The fourth-order valence-corrected chi connectivity index (χ4v) is 6.12. The number of imide groups is 1. The molecule has 0 aliphatic carbocycles. The SMILES string of the molecule is O=C1CCC(N2Cc3c(cc(F)cc3N3CCN(Cc4cccc(N5CCCC5)c4)CC3)C2=O)C(=O)N1. The highest BCUT2D eigenvalue weighted by Gasteiger charge is 2.41. The zero-order valence-electron chi connectivity index (χ0n) is 20.9. The molecule has 0 saturated carbocycles. The number of nitrogens with zero attached hydrogens (tertiary/aromatic N) is 4. The summed E-state index contributed by atoms with van der Waals surface area (Å²) in [6.07, 6.45) is 3.00. The number of nitrogens with one attached hydrogen (secondary N) is 1. The summed E-state index contributed by atoms with van der Waals surface area (Å²) in [5, 5.41) is 2.32. The first-order valence-corrected chi connectivity index (χ1v) is 13.2. The molecule has 0 bridgehead atoms. The van der Waals surface area contributed by atoms with Crippen molar-refractivity contribution in [3.63, 3.8) is 0 Å². The molecule has 0 aromatic heterocycles. The first-order chi connectivity index (χ1) is 18.0. The molecule has 0 radical (unpaired) electrons. The molecule has 3 fully saturated rings. The van der Waals surface area contributed by atoms with E-state index in [9.17, 15) is 18.8 Å². The number of carbonyl (C=O) groups excluding carboxylic acids is 3. The van der Waals surface area contributed by atoms with E-state index in [2.05, 4.69) is 44.3 Å². The van der Waals surface area contributed by atoms with Crippen LogP contribution in [0.15, 0.2) is 36.4 Å². The molecule has 1 N–H and O–H groups in total. The number of halogens is 1. The maximum atomic E-state index is 14.6. The Morgan fingerprint density at radius 3 is 2.46 bits per heavy atom. The fraction of sp³-hybridized carbons (Fsp3) is 0.464. The largest absolute Gasteiger partial charge is 0.372 e. The van der Waals surface area contributed by atoms with Crippen molar-refractivity contribution in [1.29, 1.82) is 0 Å². The molecule has 8 nitrogen and oxygen atoms in total. The van der Waals surface area contributed by atoms with E-state index in [4.69, 9.17) is 0 Å². The summed E-state index contributed by atoms with van der Waals surface area (Å²) in [6.45, 7) is 6.52. The number of piperazine rings is 1. The Balaban J connectivity index is 1.14. The van der Waals surface area contributed by atoms with Crippen LogP contribution < -0.4 is 15.1 Å². The molecule has 194 valence electrons. The third kappa shape index (κ3) is 4.68. The van der Waals surface area contributed by atoms with Crippen LogP contribution in [0.1, 0.15) is 47.2 Å². The molecule has 2 aromatic rings. The molecular weight excluding hydrogens is 473 g/mol. The lowest BCUT2D eigenvalue weighted by Crippen LogP contribution is -2.52. The van der Waals surface area contributed by atoms with Gasteiger partial charge in [0.15, 0.2) is 0 Å². The minimum Gasteiger partial charge on any atom is -0.372 e. The van der Waals surface area contributed by atoms with Crippen LogP contribution in [0.5, 0.6) is 0 Å². The van der Waals surface area contributed by atoms with Crippen LogP contribution in [-0.4, -0.2) is 72.8 Å². The number of fused-ring (bicyclic) bond motifs is 1. The second kappa shape index (κ2) is 9.78. The summed E-state index contributed by atoms with van der Waals surface area (Å²) in [7, 11) is 0. The van der Waals surface area contributed by atoms with Crippen molar-refractivity contribution in [2.45, 2.75) is 44.8 Å². The standard InChI is InChI=1S/C28H32FN5O3/c29-20-15-22-23(18-34(28(22)37)24-6-7-26(35)30-27(24)36)25(16-20)33-12-10-31(11-13-33)17-19-4-3-5-21(14-19)32-8-1-2-9-32/h3-5,14-16,24H,1-2,6-13,17-18H2,(H,30,35,36). The zero-order valence-corrected chi connectivity index (χ0v) is 20.9. The predicted octanol–water partition coefficient (Wildman–Crippen LogP) is 2.51. The Labute approximate surface area is 216 Å². The molecule has 6 rings (SSSR count). The van der Waals surface area contributed by atoms with Crippen LogP contribution in [0.2, 0.25) is 0 Å². The topological polar surface area (TPSA) is 76.2 Å². The molecular formula is C28H32FN5O3. The highest BCUT2D eigenvalue weighted by Crippen LogP contribution is 2.35. The number of anilines is 2. The van der Waals surface area contributed by atoms with Gasteiger partial charge in [-0.1, -0.05) is 12.1 Å². The van der Waals surface area contributed by atoms with Crippen LogP contribution >= 0.6 is 0 Å². The lowest BCUT2D eigenvalue weighted by atomic mass is 10.0. The summed E-state index contributed by atoms with van der Waals surface area (Å²) in [5.41, 5.74) is 4.42. The number of amides is 3. The smallest absolute Gasteiger partial charge is 0.255 e. The van der Waals surface area contributed by atoms with Gasteiger partial charge in [-0.05, 0) is 49.1 Å². The predicted molar refractivity (Wildman–Crippen MR) is 138 cm³/mol. The van der Waals surface area contributed by atoms with E-state index in [1.165, 1.54) is 41.1 Å². The first-order valence-electron chi connectivity index (χ1n) is 13.2. The van der Waals surface area contributed by atoms with Gasteiger partial charge in [-0.2, -0.15) is 0 Å². The van der Waals surface area contributed by atoms with Gasteiger partial charge >= 0.3 is 0 Å². The second-order valence-corrected chi connectivity index (χ2v) is 10.5. The van der Waals surface area contributed by atoms with Crippen molar-refractivity contribution < 1.29 is 18.8 Å². The summed E-state index contributed by atoms with van der Waals surface area (Å²) in [5.74, 6) is -1.57.